The van der Waals surface area contributed by atoms with Crippen molar-refractivity contribution in [2.75, 3.05) is 11.4 Å². The summed E-state index contributed by atoms with van der Waals surface area (Å²) in [6, 6.07) is 12.5. The molecule has 0 aliphatic rings. The smallest absolute Gasteiger partial charge is 0.303 e. The third-order valence-electron chi connectivity index (χ3n) is 3.37. The maximum atomic E-state index is 10.7. The molecule has 106 valence electrons. The summed E-state index contributed by atoms with van der Waals surface area (Å²) in [5.41, 5.74) is 2.41. The lowest BCUT2D eigenvalue weighted by Crippen LogP contribution is -2.28. The van der Waals surface area contributed by atoms with Gasteiger partial charge in [-0.2, -0.15) is 11.3 Å². The van der Waals surface area contributed by atoms with Gasteiger partial charge in [-0.05, 0) is 47.9 Å². The van der Waals surface area contributed by atoms with E-state index in [2.05, 4.69) is 40.8 Å². The fourth-order valence-electron chi connectivity index (χ4n) is 2.26. The zero-order valence-corrected chi connectivity index (χ0v) is 12.3. The number of para-hydroxylation sites is 1. The molecule has 3 nitrogen and oxygen atoms in total. The molecule has 1 atom stereocenters. The molecule has 0 radical (unpaired) electrons. The van der Waals surface area contributed by atoms with E-state index in [1.54, 1.807) is 11.3 Å². The second-order valence-corrected chi connectivity index (χ2v) is 5.54. The Labute approximate surface area is 123 Å². The Bertz CT molecular complexity index is 525. The molecule has 4 heteroatoms. The van der Waals surface area contributed by atoms with Gasteiger partial charge < -0.3 is 10.0 Å². The highest BCUT2D eigenvalue weighted by Crippen LogP contribution is 2.28. The SMILES string of the molecule is CC(c1ccsc1)N(CCCC(=O)O)c1ccccc1. The van der Waals surface area contributed by atoms with Gasteiger partial charge in [0.2, 0.25) is 0 Å². The van der Waals surface area contributed by atoms with Crippen LogP contribution in [0.2, 0.25) is 0 Å². The summed E-state index contributed by atoms with van der Waals surface area (Å²) in [5, 5.41) is 13.0. The van der Waals surface area contributed by atoms with Gasteiger partial charge in [0.15, 0.2) is 0 Å². The van der Waals surface area contributed by atoms with E-state index < -0.39 is 5.97 Å². The number of carboxylic acid groups (broad SMARTS) is 1. The molecule has 0 saturated heterocycles. The van der Waals surface area contributed by atoms with Crippen molar-refractivity contribution in [3.8, 4) is 0 Å². The van der Waals surface area contributed by atoms with Crippen LogP contribution in [0.5, 0.6) is 0 Å². The summed E-state index contributed by atoms with van der Waals surface area (Å²) in [4.78, 5) is 13.0. The Hall–Kier alpha value is -1.81. The zero-order valence-electron chi connectivity index (χ0n) is 11.5. The second-order valence-electron chi connectivity index (χ2n) is 4.76. The van der Waals surface area contributed by atoms with Crippen molar-refractivity contribution in [2.24, 2.45) is 0 Å². The van der Waals surface area contributed by atoms with E-state index in [0.29, 0.717) is 6.42 Å². The molecule has 0 saturated carbocycles. The lowest BCUT2D eigenvalue weighted by atomic mass is 10.1. The number of rotatable bonds is 7. The Morgan fingerprint density at radius 1 is 1.30 bits per heavy atom. The monoisotopic (exact) mass is 289 g/mol. The van der Waals surface area contributed by atoms with E-state index in [1.807, 2.05) is 18.2 Å². The first-order valence-electron chi connectivity index (χ1n) is 6.74. The van der Waals surface area contributed by atoms with Crippen LogP contribution in [-0.2, 0) is 4.79 Å². The van der Waals surface area contributed by atoms with Crippen molar-refractivity contribution in [1.82, 2.24) is 0 Å². The number of thiophene rings is 1. The van der Waals surface area contributed by atoms with Crippen molar-refractivity contribution < 1.29 is 9.90 Å². The van der Waals surface area contributed by atoms with Gasteiger partial charge in [-0.15, -0.1) is 0 Å². The molecule has 2 aromatic rings. The predicted octanol–water partition coefficient (Wildman–Crippen LogP) is 4.18. The number of aliphatic carboxylic acids is 1. The molecule has 20 heavy (non-hydrogen) atoms. The lowest BCUT2D eigenvalue weighted by Gasteiger charge is -2.31. The van der Waals surface area contributed by atoms with Gasteiger partial charge in [0.1, 0.15) is 0 Å². The number of nitrogens with zero attached hydrogens (tertiary/aromatic N) is 1. The standard InChI is InChI=1S/C16H19NO2S/c1-13(14-9-11-20-12-14)17(10-5-8-16(18)19)15-6-3-2-4-7-15/h2-4,6-7,9,11-13H,5,8,10H2,1H3,(H,18,19). The number of carboxylic acids is 1. The van der Waals surface area contributed by atoms with Crippen LogP contribution >= 0.6 is 11.3 Å². The highest BCUT2D eigenvalue weighted by molar-refractivity contribution is 7.08. The van der Waals surface area contributed by atoms with E-state index >= 15 is 0 Å². The van der Waals surface area contributed by atoms with Gasteiger partial charge in [0.05, 0.1) is 6.04 Å². The third-order valence-corrected chi connectivity index (χ3v) is 4.07. The van der Waals surface area contributed by atoms with Crippen molar-refractivity contribution >= 4 is 23.0 Å². The number of benzene rings is 1. The van der Waals surface area contributed by atoms with Crippen molar-refractivity contribution in [3.05, 3.63) is 52.7 Å². The van der Waals surface area contributed by atoms with Crippen LogP contribution in [-0.4, -0.2) is 17.6 Å². The van der Waals surface area contributed by atoms with Crippen LogP contribution in [0.15, 0.2) is 47.2 Å². The molecule has 1 aromatic heterocycles. The Morgan fingerprint density at radius 3 is 2.65 bits per heavy atom. The van der Waals surface area contributed by atoms with E-state index in [0.717, 1.165) is 12.2 Å². The average Bonchev–Trinajstić information content (AvgIpc) is 2.98. The number of anilines is 1. The first-order valence-corrected chi connectivity index (χ1v) is 7.68. The van der Waals surface area contributed by atoms with Crippen LogP contribution < -0.4 is 4.90 Å². The van der Waals surface area contributed by atoms with Gasteiger partial charge in [-0.3, -0.25) is 4.79 Å². The fourth-order valence-corrected chi connectivity index (χ4v) is 3.01. The Kier molecular flexibility index (Phi) is 5.18. The predicted molar refractivity (Wildman–Crippen MR) is 83.4 cm³/mol. The van der Waals surface area contributed by atoms with Crippen LogP contribution in [0.25, 0.3) is 0 Å². The molecule has 1 N–H and O–H groups in total. The van der Waals surface area contributed by atoms with Crippen molar-refractivity contribution in [1.29, 1.82) is 0 Å². The molecular formula is C16H19NO2S. The summed E-state index contributed by atoms with van der Waals surface area (Å²) < 4.78 is 0. The molecular weight excluding hydrogens is 270 g/mol. The molecule has 1 aromatic carbocycles. The largest absolute Gasteiger partial charge is 0.481 e. The Morgan fingerprint density at radius 2 is 2.05 bits per heavy atom. The molecule has 0 bridgehead atoms. The van der Waals surface area contributed by atoms with Crippen molar-refractivity contribution in [2.45, 2.75) is 25.8 Å². The van der Waals surface area contributed by atoms with Gasteiger partial charge >= 0.3 is 5.97 Å². The topological polar surface area (TPSA) is 40.5 Å². The average molecular weight is 289 g/mol. The fraction of sp³-hybridized carbons (Fsp3) is 0.312. The quantitative estimate of drug-likeness (QED) is 0.831. The maximum Gasteiger partial charge on any atom is 0.303 e. The zero-order chi connectivity index (χ0) is 14.4. The minimum atomic E-state index is -0.735. The molecule has 0 aliphatic carbocycles. The number of hydrogen-bond acceptors (Lipinski definition) is 3. The summed E-state index contributed by atoms with van der Waals surface area (Å²) in [5.74, 6) is -0.735. The molecule has 1 heterocycles. The first-order chi connectivity index (χ1) is 9.68. The minimum absolute atomic E-state index is 0.208. The van der Waals surface area contributed by atoms with Gasteiger partial charge in [-0.25, -0.2) is 0 Å². The summed E-state index contributed by atoms with van der Waals surface area (Å²) >= 11 is 1.69. The van der Waals surface area contributed by atoms with Crippen LogP contribution in [0.3, 0.4) is 0 Å². The third kappa shape index (κ3) is 3.84. The van der Waals surface area contributed by atoms with Crippen LogP contribution in [0, 0.1) is 0 Å². The summed E-state index contributed by atoms with van der Waals surface area (Å²) in [6.45, 7) is 2.91. The van der Waals surface area contributed by atoms with E-state index in [1.165, 1.54) is 5.56 Å². The summed E-state index contributed by atoms with van der Waals surface area (Å²) in [7, 11) is 0. The molecule has 0 aliphatic heterocycles. The first kappa shape index (κ1) is 14.6. The number of carbonyl (C=O) groups is 1. The summed E-state index contributed by atoms with van der Waals surface area (Å²) in [6.07, 6.45) is 0.860. The normalized spacial score (nSPS) is 12.1. The van der Waals surface area contributed by atoms with E-state index in [9.17, 15) is 4.79 Å². The number of hydrogen-bond donors (Lipinski definition) is 1. The van der Waals surface area contributed by atoms with Gasteiger partial charge in [0, 0.05) is 18.7 Å². The molecule has 1 unspecified atom stereocenters. The minimum Gasteiger partial charge on any atom is -0.481 e. The molecule has 0 fully saturated rings. The second kappa shape index (κ2) is 7.10. The van der Waals surface area contributed by atoms with Gasteiger partial charge in [-0.1, -0.05) is 18.2 Å². The van der Waals surface area contributed by atoms with Gasteiger partial charge in [0.25, 0.3) is 0 Å². The molecule has 2 rings (SSSR count). The molecule has 0 spiro atoms. The lowest BCUT2D eigenvalue weighted by molar-refractivity contribution is -0.137. The van der Waals surface area contributed by atoms with E-state index in [-0.39, 0.29) is 12.5 Å². The highest BCUT2D eigenvalue weighted by Gasteiger charge is 2.16. The highest BCUT2D eigenvalue weighted by atomic mass is 32.1. The van der Waals surface area contributed by atoms with Crippen LogP contribution in [0.4, 0.5) is 5.69 Å². The van der Waals surface area contributed by atoms with Crippen LogP contribution in [0.1, 0.15) is 31.4 Å². The molecule has 0 amide bonds. The van der Waals surface area contributed by atoms with E-state index in [4.69, 9.17) is 5.11 Å². The van der Waals surface area contributed by atoms with Crippen molar-refractivity contribution in [3.63, 3.8) is 0 Å². The Balaban J connectivity index is 2.13. The maximum absolute atomic E-state index is 10.7.